The van der Waals surface area contributed by atoms with Crippen LogP contribution < -0.4 is 10.8 Å². The largest absolute Gasteiger partial charge is 0.400 e. The second kappa shape index (κ2) is 19.1. The van der Waals surface area contributed by atoms with Gasteiger partial charge in [0.1, 0.15) is 0 Å². The van der Waals surface area contributed by atoms with Crippen LogP contribution in [0, 0.1) is 5.92 Å². The molecule has 0 aliphatic carbocycles. The first-order valence-corrected chi connectivity index (χ1v) is 9.93. The van der Waals surface area contributed by atoms with Crippen molar-refractivity contribution in [3.8, 4) is 0 Å². The minimum Gasteiger partial charge on any atom is -0.400 e. The van der Waals surface area contributed by atoms with Crippen molar-refractivity contribution in [1.82, 2.24) is 15.7 Å². The highest BCUT2D eigenvalue weighted by molar-refractivity contribution is 5.88. The van der Waals surface area contributed by atoms with Gasteiger partial charge in [-0.1, -0.05) is 46.5 Å². The molecule has 0 aromatic rings. The van der Waals surface area contributed by atoms with Crippen molar-refractivity contribution in [3.63, 3.8) is 0 Å². The van der Waals surface area contributed by atoms with Gasteiger partial charge in [-0.05, 0) is 19.3 Å². The summed E-state index contributed by atoms with van der Waals surface area (Å²) in [4.78, 5) is 37.1. The van der Waals surface area contributed by atoms with Crippen molar-refractivity contribution in [2.75, 3.05) is 26.7 Å². The van der Waals surface area contributed by atoms with Crippen molar-refractivity contribution in [2.24, 2.45) is 5.92 Å². The summed E-state index contributed by atoms with van der Waals surface area (Å²) in [5, 5.41) is 18.2. The average Bonchev–Trinajstić information content (AvgIpc) is 3.22. The zero-order chi connectivity index (χ0) is 21.1. The van der Waals surface area contributed by atoms with Crippen LogP contribution in [-0.4, -0.2) is 59.7 Å². The van der Waals surface area contributed by atoms with Gasteiger partial charge in [-0.2, -0.15) is 0 Å². The van der Waals surface area contributed by atoms with E-state index in [9.17, 15) is 14.4 Å². The van der Waals surface area contributed by atoms with E-state index in [1.165, 1.54) is 6.42 Å². The minimum absolute atomic E-state index is 0.0240. The molecule has 0 saturated carbocycles. The van der Waals surface area contributed by atoms with Crippen LogP contribution in [0.5, 0.6) is 0 Å². The number of carbonyl (C=O) groups is 3. The zero-order valence-electron chi connectivity index (χ0n) is 17.4. The molecule has 1 fully saturated rings. The van der Waals surface area contributed by atoms with Crippen LogP contribution >= 0.6 is 0 Å². The normalized spacial score (nSPS) is 13.5. The van der Waals surface area contributed by atoms with Crippen molar-refractivity contribution in [3.05, 3.63) is 0 Å². The van der Waals surface area contributed by atoms with E-state index in [2.05, 4.69) is 26.1 Å². The van der Waals surface area contributed by atoms with E-state index in [4.69, 9.17) is 10.3 Å². The summed E-state index contributed by atoms with van der Waals surface area (Å²) < 4.78 is 0. The molecule has 8 nitrogen and oxygen atoms in total. The van der Waals surface area contributed by atoms with E-state index in [1.807, 2.05) is 0 Å². The SMILES string of the molecule is CCC.CCCCCC(CC(=O)NO)C(=O)NCC(=O)N1CCCC1.CO. The molecule has 0 bridgehead atoms. The number of carbonyl (C=O) groups excluding carboxylic acids is 3. The molecular formula is C19H39N3O5. The summed E-state index contributed by atoms with van der Waals surface area (Å²) in [6.07, 6.45) is 6.62. The van der Waals surface area contributed by atoms with E-state index >= 15 is 0 Å². The number of aliphatic hydroxyl groups is 1. The number of rotatable bonds is 9. The van der Waals surface area contributed by atoms with Crippen LogP contribution in [0.25, 0.3) is 0 Å². The molecule has 0 aromatic heterocycles. The van der Waals surface area contributed by atoms with Gasteiger partial charge in [-0.15, -0.1) is 0 Å². The number of nitrogens with zero attached hydrogens (tertiary/aromatic N) is 1. The van der Waals surface area contributed by atoms with Gasteiger partial charge in [-0.25, -0.2) is 5.48 Å². The molecule has 0 spiro atoms. The van der Waals surface area contributed by atoms with Crippen LogP contribution in [0.4, 0.5) is 0 Å². The number of nitrogens with one attached hydrogen (secondary N) is 2. The van der Waals surface area contributed by atoms with Gasteiger partial charge in [0.05, 0.1) is 6.54 Å². The summed E-state index contributed by atoms with van der Waals surface area (Å²) in [5.41, 5.74) is 1.56. The topological polar surface area (TPSA) is 119 Å². The Morgan fingerprint density at radius 1 is 1.04 bits per heavy atom. The lowest BCUT2D eigenvalue weighted by Gasteiger charge is -2.18. The number of aliphatic hydroxyl groups excluding tert-OH is 1. The lowest BCUT2D eigenvalue weighted by molar-refractivity contribution is -0.136. The van der Waals surface area contributed by atoms with E-state index in [0.717, 1.165) is 52.3 Å². The number of hydroxylamine groups is 1. The molecule has 27 heavy (non-hydrogen) atoms. The Balaban J connectivity index is 0. The average molecular weight is 390 g/mol. The van der Waals surface area contributed by atoms with Gasteiger partial charge in [0.25, 0.3) is 0 Å². The highest BCUT2D eigenvalue weighted by Gasteiger charge is 2.23. The molecular weight excluding hydrogens is 350 g/mol. The quantitative estimate of drug-likeness (QED) is 0.273. The zero-order valence-corrected chi connectivity index (χ0v) is 17.4. The fourth-order valence-electron chi connectivity index (χ4n) is 2.62. The predicted molar refractivity (Wildman–Crippen MR) is 105 cm³/mol. The maximum Gasteiger partial charge on any atom is 0.244 e. The lowest BCUT2D eigenvalue weighted by atomic mass is 9.96. The van der Waals surface area contributed by atoms with Gasteiger partial charge < -0.3 is 15.3 Å². The molecule has 1 saturated heterocycles. The third kappa shape index (κ3) is 14.1. The van der Waals surface area contributed by atoms with Gasteiger partial charge in [0, 0.05) is 32.5 Å². The molecule has 0 radical (unpaired) electrons. The lowest BCUT2D eigenvalue weighted by Crippen LogP contribution is -2.41. The number of amides is 3. The number of unbranched alkanes of at least 4 members (excludes halogenated alkanes) is 2. The van der Waals surface area contributed by atoms with Gasteiger partial charge in [-0.3, -0.25) is 19.6 Å². The Morgan fingerprint density at radius 2 is 1.59 bits per heavy atom. The molecule has 1 atom stereocenters. The third-order valence-corrected chi connectivity index (χ3v) is 3.96. The summed E-state index contributed by atoms with van der Waals surface area (Å²) >= 11 is 0. The first-order valence-electron chi connectivity index (χ1n) is 9.93. The molecule has 8 heteroatoms. The number of likely N-dealkylation sites (tertiary alicyclic amines) is 1. The van der Waals surface area contributed by atoms with Crippen molar-refractivity contribution in [2.45, 2.75) is 72.1 Å². The van der Waals surface area contributed by atoms with Gasteiger partial charge in [0.2, 0.25) is 17.7 Å². The molecule has 1 heterocycles. The molecule has 1 aliphatic heterocycles. The second-order valence-corrected chi connectivity index (χ2v) is 6.44. The van der Waals surface area contributed by atoms with E-state index < -0.39 is 11.8 Å². The highest BCUT2D eigenvalue weighted by atomic mass is 16.5. The minimum atomic E-state index is -0.581. The summed E-state index contributed by atoms with van der Waals surface area (Å²) in [6.45, 7) is 7.79. The molecule has 3 amide bonds. The standard InChI is InChI=1S/C15H27N3O4.C3H8.CH4O/c1-2-3-4-7-12(10-13(19)17-22)15(21)16-11-14(20)18-8-5-6-9-18;1-3-2;1-2/h12,22H,2-11H2,1H3,(H,16,21)(H,17,19);3H2,1-2H3;2H,1H3. The van der Waals surface area contributed by atoms with E-state index in [0.29, 0.717) is 6.42 Å². The fraction of sp³-hybridized carbons (Fsp3) is 0.842. The van der Waals surface area contributed by atoms with Gasteiger partial charge in [0.15, 0.2) is 0 Å². The molecule has 1 aliphatic rings. The smallest absolute Gasteiger partial charge is 0.244 e. The van der Waals surface area contributed by atoms with Crippen LogP contribution in [0.3, 0.4) is 0 Å². The van der Waals surface area contributed by atoms with Gasteiger partial charge >= 0.3 is 0 Å². The van der Waals surface area contributed by atoms with Crippen molar-refractivity contribution >= 4 is 17.7 Å². The number of hydrogen-bond acceptors (Lipinski definition) is 5. The molecule has 4 N–H and O–H groups in total. The first-order chi connectivity index (χ1) is 13.0. The molecule has 160 valence electrons. The van der Waals surface area contributed by atoms with Crippen LogP contribution in [0.2, 0.25) is 0 Å². The number of hydrogen-bond donors (Lipinski definition) is 4. The Hall–Kier alpha value is -1.67. The van der Waals surface area contributed by atoms with Crippen molar-refractivity contribution in [1.29, 1.82) is 0 Å². The van der Waals surface area contributed by atoms with E-state index in [1.54, 1.807) is 10.4 Å². The maximum atomic E-state index is 12.2. The molecule has 1 unspecified atom stereocenters. The molecule has 1 rings (SSSR count). The maximum absolute atomic E-state index is 12.2. The van der Waals surface area contributed by atoms with Crippen LogP contribution in [-0.2, 0) is 14.4 Å². The fourth-order valence-corrected chi connectivity index (χ4v) is 2.62. The summed E-state index contributed by atoms with van der Waals surface area (Å²) in [7, 11) is 1.00. The summed E-state index contributed by atoms with van der Waals surface area (Å²) in [6, 6.07) is 0. The first kappa shape index (κ1) is 27.5. The van der Waals surface area contributed by atoms with Crippen LogP contribution in [0.15, 0.2) is 0 Å². The Kier molecular flexibility index (Phi) is 19.5. The monoisotopic (exact) mass is 389 g/mol. The highest BCUT2D eigenvalue weighted by Crippen LogP contribution is 2.14. The Morgan fingerprint density at radius 3 is 2.07 bits per heavy atom. The van der Waals surface area contributed by atoms with Crippen LogP contribution in [0.1, 0.15) is 72.1 Å². The second-order valence-electron chi connectivity index (χ2n) is 6.44. The third-order valence-electron chi connectivity index (χ3n) is 3.96. The van der Waals surface area contributed by atoms with E-state index in [-0.39, 0.29) is 24.8 Å². The Labute approximate surface area is 163 Å². The predicted octanol–water partition coefficient (Wildman–Crippen LogP) is 1.84. The summed E-state index contributed by atoms with van der Waals surface area (Å²) in [5.74, 6) is -1.47. The molecule has 0 aromatic carbocycles. The van der Waals surface area contributed by atoms with Crippen molar-refractivity contribution < 1.29 is 24.7 Å². The Bertz CT molecular complexity index is 399.